The summed E-state index contributed by atoms with van der Waals surface area (Å²) in [6, 6.07) is 0.149. The zero-order valence-electron chi connectivity index (χ0n) is 9.48. The van der Waals surface area contributed by atoms with Gasteiger partial charge in [0, 0.05) is 18.3 Å². The fourth-order valence-corrected chi connectivity index (χ4v) is 3.87. The first-order valence-corrected chi connectivity index (χ1v) is 9.13. The summed E-state index contributed by atoms with van der Waals surface area (Å²) in [5.74, 6) is 0.719. The Morgan fingerprint density at radius 3 is 2.31 bits per heavy atom. The fourth-order valence-electron chi connectivity index (χ4n) is 1.66. The number of hydrogen-bond donors (Lipinski definition) is 1. The van der Waals surface area contributed by atoms with Crippen molar-refractivity contribution in [2.45, 2.75) is 25.8 Å². The molecule has 0 amide bonds. The molecule has 1 fully saturated rings. The van der Waals surface area contributed by atoms with Crippen LogP contribution in [-0.4, -0.2) is 52.4 Å². The van der Waals surface area contributed by atoms with Crippen molar-refractivity contribution in [3.8, 4) is 0 Å². The van der Waals surface area contributed by atoms with Gasteiger partial charge in [0.1, 0.15) is 9.84 Å². The lowest BCUT2D eigenvalue weighted by Crippen LogP contribution is -2.39. The van der Waals surface area contributed by atoms with Gasteiger partial charge in [-0.3, -0.25) is 0 Å². The van der Waals surface area contributed by atoms with Gasteiger partial charge in [0.2, 0.25) is 0 Å². The fraction of sp³-hybridized carbons (Fsp3) is 1.00. The normalized spacial score (nSPS) is 22.1. The maximum atomic E-state index is 11.2. The minimum absolute atomic E-state index is 0.132. The van der Waals surface area contributed by atoms with Gasteiger partial charge in [-0.25, -0.2) is 16.8 Å². The number of hydrogen-bond acceptors (Lipinski definition) is 5. The number of nitrogens with one attached hydrogen (secondary N) is 1. The molecule has 0 radical (unpaired) electrons. The van der Waals surface area contributed by atoms with E-state index >= 15 is 0 Å². The predicted octanol–water partition coefficient (Wildman–Crippen LogP) is -0.412. The van der Waals surface area contributed by atoms with Crippen LogP contribution in [0.3, 0.4) is 0 Å². The van der Waals surface area contributed by atoms with Gasteiger partial charge in [0.25, 0.3) is 0 Å². The maximum Gasteiger partial charge on any atom is 0.151 e. The van der Waals surface area contributed by atoms with Crippen LogP contribution in [0.2, 0.25) is 0 Å². The number of sulfone groups is 2. The van der Waals surface area contributed by atoms with Crippen molar-refractivity contribution in [1.82, 2.24) is 5.32 Å². The van der Waals surface area contributed by atoms with Crippen molar-refractivity contribution in [1.29, 1.82) is 0 Å². The second kappa shape index (κ2) is 5.46. The molecular weight excluding hydrogens is 250 g/mol. The molecule has 16 heavy (non-hydrogen) atoms. The van der Waals surface area contributed by atoms with Gasteiger partial charge in [-0.1, -0.05) is 6.92 Å². The monoisotopic (exact) mass is 269 g/mol. The van der Waals surface area contributed by atoms with E-state index in [1.807, 2.05) is 0 Å². The van der Waals surface area contributed by atoms with E-state index in [4.69, 9.17) is 0 Å². The highest BCUT2D eigenvalue weighted by Gasteiger charge is 2.23. The molecule has 0 bridgehead atoms. The van der Waals surface area contributed by atoms with Gasteiger partial charge >= 0.3 is 0 Å². The summed E-state index contributed by atoms with van der Waals surface area (Å²) in [5.41, 5.74) is 0. The second-order valence-corrected chi connectivity index (χ2v) is 8.89. The Balaban J connectivity index is 2.26. The van der Waals surface area contributed by atoms with Crippen LogP contribution in [0.1, 0.15) is 19.8 Å². The van der Waals surface area contributed by atoms with E-state index in [-0.39, 0.29) is 29.1 Å². The molecule has 96 valence electrons. The third-order valence-corrected chi connectivity index (χ3v) is 6.26. The molecule has 0 aromatic rings. The van der Waals surface area contributed by atoms with Crippen molar-refractivity contribution >= 4 is 19.7 Å². The summed E-state index contributed by atoms with van der Waals surface area (Å²) in [6.45, 7) is 2.05. The molecule has 0 atom stereocenters. The largest absolute Gasteiger partial charge is 0.313 e. The lowest BCUT2D eigenvalue weighted by atomic mass is 10.1. The van der Waals surface area contributed by atoms with E-state index < -0.39 is 19.7 Å². The SMILES string of the molecule is CCS(=O)(=O)CCNC1CCS(=O)(=O)CC1. The topological polar surface area (TPSA) is 80.3 Å². The van der Waals surface area contributed by atoms with Gasteiger partial charge < -0.3 is 5.32 Å². The standard InChI is InChI=1S/C9H19NO4S2/c1-2-15(11,12)8-5-10-9-3-6-16(13,14)7-4-9/h9-10H,2-8H2,1H3. The number of rotatable bonds is 5. The van der Waals surface area contributed by atoms with E-state index in [9.17, 15) is 16.8 Å². The first-order valence-electron chi connectivity index (χ1n) is 5.49. The Morgan fingerprint density at radius 2 is 1.81 bits per heavy atom. The van der Waals surface area contributed by atoms with E-state index in [1.54, 1.807) is 6.92 Å². The molecule has 0 saturated carbocycles. The minimum Gasteiger partial charge on any atom is -0.313 e. The molecule has 1 aliphatic heterocycles. The average molecular weight is 269 g/mol. The summed E-state index contributed by atoms with van der Waals surface area (Å²) in [7, 11) is -5.76. The van der Waals surface area contributed by atoms with Gasteiger partial charge in [-0.15, -0.1) is 0 Å². The molecular formula is C9H19NO4S2. The smallest absolute Gasteiger partial charge is 0.151 e. The zero-order chi connectivity index (χ0) is 12.2. The summed E-state index contributed by atoms with van der Waals surface area (Å²) < 4.78 is 44.7. The molecule has 1 saturated heterocycles. The highest BCUT2D eigenvalue weighted by molar-refractivity contribution is 7.91. The predicted molar refractivity (Wildman–Crippen MR) is 64.0 cm³/mol. The highest BCUT2D eigenvalue weighted by atomic mass is 32.2. The van der Waals surface area contributed by atoms with Crippen molar-refractivity contribution in [3.05, 3.63) is 0 Å². The van der Waals surface area contributed by atoms with Crippen molar-refractivity contribution < 1.29 is 16.8 Å². The highest BCUT2D eigenvalue weighted by Crippen LogP contribution is 2.11. The molecule has 1 aliphatic rings. The van der Waals surface area contributed by atoms with Crippen molar-refractivity contribution in [2.75, 3.05) is 29.6 Å². The quantitative estimate of drug-likeness (QED) is 0.734. The minimum atomic E-state index is -2.92. The Labute approximate surface area is 97.5 Å². The summed E-state index contributed by atoms with van der Waals surface area (Å²) in [5, 5.41) is 3.11. The van der Waals surface area contributed by atoms with Gasteiger partial charge in [0.05, 0.1) is 17.3 Å². The van der Waals surface area contributed by atoms with Crippen LogP contribution < -0.4 is 5.32 Å². The second-order valence-electron chi connectivity index (χ2n) is 4.12. The van der Waals surface area contributed by atoms with Crippen LogP contribution in [0, 0.1) is 0 Å². The van der Waals surface area contributed by atoms with Crippen LogP contribution >= 0.6 is 0 Å². The Kier molecular flexibility index (Phi) is 4.75. The Bertz CT molecular complexity index is 399. The molecule has 5 nitrogen and oxygen atoms in total. The molecule has 0 aromatic carbocycles. The third-order valence-electron chi connectivity index (χ3n) is 2.84. The average Bonchev–Trinajstić information content (AvgIpc) is 2.20. The van der Waals surface area contributed by atoms with Crippen molar-refractivity contribution in [3.63, 3.8) is 0 Å². The van der Waals surface area contributed by atoms with E-state index in [2.05, 4.69) is 5.32 Å². The first kappa shape index (κ1) is 13.9. The molecule has 1 rings (SSSR count). The maximum absolute atomic E-state index is 11.2. The van der Waals surface area contributed by atoms with Gasteiger partial charge in [0.15, 0.2) is 9.84 Å². The van der Waals surface area contributed by atoms with Crippen molar-refractivity contribution in [2.24, 2.45) is 0 Å². The molecule has 0 spiro atoms. The summed E-state index contributed by atoms with van der Waals surface area (Å²) in [6.07, 6.45) is 1.18. The Hall–Kier alpha value is -0.140. The van der Waals surface area contributed by atoms with E-state index in [0.29, 0.717) is 19.4 Å². The van der Waals surface area contributed by atoms with Gasteiger partial charge in [-0.2, -0.15) is 0 Å². The zero-order valence-corrected chi connectivity index (χ0v) is 11.1. The molecule has 0 aromatic heterocycles. The molecule has 7 heteroatoms. The first-order chi connectivity index (χ1) is 7.35. The van der Waals surface area contributed by atoms with Crippen LogP contribution in [0.5, 0.6) is 0 Å². The molecule has 1 N–H and O–H groups in total. The summed E-state index contributed by atoms with van der Waals surface area (Å²) >= 11 is 0. The van der Waals surface area contributed by atoms with Crippen LogP contribution in [0.15, 0.2) is 0 Å². The lowest BCUT2D eigenvalue weighted by Gasteiger charge is -2.22. The van der Waals surface area contributed by atoms with Crippen LogP contribution in [0.25, 0.3) is 0 Å². The van der Waals surface area contributed by atoms with Crippen LogP contribution in [-0.2, 0) is 19.7 Å². The van der Waals surface area contributed by atoms with Gasteiger partial charge in [-0.05, 0) is 12.8 Å². The van der Waals surface area contributed by atoms with E-state index in [0.717, 1.165) is 0 Å². The summed E-state index contributed by atoms with van der Waals surface area (Å²) in [4.78, 5) is 0. The molecule has 0 unspecified atom stereocenters. The lowest BCUT2D eigenvalue weighted by molar-refractivity contribution is 0.473. The molecule has 0 aliphatic carbocycles. The van der Waals surface area contributed by atoms with Crippen LogP contribution in [0.4, 0.5) is 0 Å². The van der Waals surface area contributed by atoms with E-state index in [1.165, 1.54) is 0 Å². The third kappa shape index (κ3) is 4.80. The Morgan fingerprint density at radius 1 is 1.25 bits per heavy atom. The molecule has 1 heterocycles.